The molecule has 5 aromatic heterocycles. The van der Waals surface area contributed by atoms with Crippen LogP contribution in [0.5, 0.6) is 0 Å². The summed E-state index contributed by atoms with van der Waals surface area (Å²) in [5.41, 5.74) is 31.9. The van der Waals surface area contributed by atoms with E-state index < -0.39 is 0 Å². The van der Waals surface area contributed by atoms with Crippen molar-refractivity contribution < 1.29 is 6.85 Å². The molecule has 15 aromatic carbocycles. The maximum atomic E-state index is 8.30. The molecule has 0 spiro atoms. The van der Waals surface area contributed by atoms with Gasteiger partial charge in [0.25, 0.3) is 0 Å². The minimum atomic E-state index is -0.388. The number of hydrogen-bond donors (Lipinski definition) is 0. The van der Waals surface area contributed by atoms with Gasteiger partial charge in [0.05, 0.1) is 108 Å². The van der Waals surface area contributed by atoms with Gasteiger partial charge in [0.15, 0.2) is 0 Å². The molecule has 20 aromatic rings. The summed E-state index contributed by atoms with van der Waals surface area (Å²) in [4.78, 5) is 31.9. The van der Waals surface area contributed by atoms with E-state index in [0.29, 0.717) is 5.56 Å². The van der Waals surface area contributed by atoms with Gasteiger partial charge in [-0.1, -0.05) is 230 Å². The van der Waals surface area contributed by atoms with Crippen LogP contribution in [0, 0.1) is 20.8 Å². The van der Waals surface area contributed by atoms with Crippen molar-refractivity contribution in [3.63, 3.8) is 0 Å². The first-order valence-corrected chi connectivity index (χ1v) is 37.5. The minimum absolute atomic E-state index is 0.199. The highest BCUT2D eigenvalue weighted by Crippen LogP contribution is 2.52. The zero-order valence-electron chi connectivity index (χ0n) is 66.2. The molecule has 0 radical (unpaired) electrons. The van der Waals surface area contributed by atoms with Crippen molar-refractivity contribution >= 4 is 124 Å². The lowest BCUT2D eigenvalue weighted by molar-refractivity contribution is 0.982. The number of anilines is 9. The summed E-state index contributed by atoms with van der Waals surface area (Å²) >= 11 is 0. The Morgan fingerprint density at radius 1 is 0.268 bits per heavy atom. The van der Waals surface area contributed by atoms with Crippen LogP contribution >= 0.6 is 0 Å². The van der Waals surface area contributed by atoms with E-state index in [9.17, 15) is 0 Å². The van der Waals surface area contributed by atoms with Crippen LogP contribution < -0.4 is 14.7 Å². The van der Waals surface area contributed by atoms with E-state index in [1.807, 2.05) is 54.6 Å². The maximum Gasteiger partial charge on any atom is 0.149 e. The van der Waals surface area contributed by atoms with Crippen LogP contribution in [0.2, 0.25) is 0 Å². The summed E-state index contributed by atoms with van der Waals surface area (Å²) in [6, 6.07) is 112. The fraction of sp³-hybridized carbons (Fsp3) is 0.0300. The summed E-state index contributed by atoms with van der Waals surface area (Å²) in [5.74, 6) is 3.79. The molecule has 0 saturated carbocycles. The molecular formula is C100H70N12. The predicted molar refractivity (Wildman–Crippen MR) is 461 cm³/mol. The summed E-state index contributed by atoms with van der Waals surface area (Å²) in [6.45, 7) is 6.20. The molecule has 0 aliphatic carbocycles. The van der Waals surface area contributed by atoms with Crippen molar-refractivity contribution in [3.8, 4) is 61.8 Å². The summed E-state index contributed by atoms with van der Waals surface area (Å²) in [7, 11) is 0. The molecule has 112 heavy (non-hydrogen) atoms. The molecule has 12 nitrogen and oxygen atoms in total. The third kappa shape index (κ3) is 10.9. The number of benzene rings is 15. The number of aryl methyl sites for hydroxylation is 3. The lowest BCUT2D eigenvalue weighted by atomic mass is 9.97. The van der Waals surface area contributed by atoms with Crippen LogP contribution in [0.25, 0.3) is 135 Å². The van der Waals surface area contributed by atoms with Gasteiger partial charge < -0.3 is 14.7 Å². The number of imidazole rings is 4. The minimum Gasteiger partial charge on any atom is -0.306 e. The van der Waals surface area contributed by atoms with E-state index in [-0.39, 0.29) is 35.8 Å². The summed E-state index contributed by atoms with van der Waals surface area (Å²) in [5, 5.41) is 1.04. The van der Waals surface area contributed by atoms with Crippen molar-refractivity contribution in [1.82, 2.24) is 43.0 Å². The van der Waals surface area contributed by atoms with Gasteiger partial charge in [-0.15, -0.1) is 0 Å². The lowest BCUT2D eigenvalue weighted by Gasteiger charge is -2.33. The smallest absolute Gasteiger partial charge is 0.149 e. The van der Waals surface area contributed by atoms with Crippen molar-refractivity contribution in [3.05, 3.63) is 386 Å². The SMILES string of the molecule is Cc1nc2cccc3c2n1-c1ccc(-c2nc4ccccc4c4nc5ccccc5n24)cc1N3c1ccccc1.Cc1nc2cccc3c2n1-c1ccc(/C=C/c2ccccc2)cc1N3c1ccccc1.[2H]c1c([2H])c([2H])c(-c2ccc(-c3ccc(-c4ccc5c(c4)N(c4ccccc4)c4cccc6nc(C)n-5c46)cc3)cc2)c([2H])c1[2H]. The molecule has 8 heterocycles. The lowest BCUT2D eigenvalue weighted by Crippen LogP contribution is -2.18. The highest BCUT2D eigenvalue weighted by molar-refractivity contribution is 6.06. The third-order valence-corrected chi connectivity index (χ3v) is 21.5. The molecule has 0 fully saturated rings. The van der Waals surface area contributed by atoms with Gasteiger partial charge in [-0.25, -0.2) is 24.9 Å². The monoisotopic (exact) mass is 1440 g/mol. The Bertz CT molecular complexity index is 7400. The highest BCUT2D eigenvalue weighted by atomic mass is 15.3. The molecule has 0 atom stereocenters. The molecule has 530 valence electrons. The van der Waals surface area contributed by atoms with Gasteiger partial charge in [0.2, 0.25) is 0 Å². The Morgan fingerprint density at radius 2 is 0.652 bits per heavy atom. The summed E-state index contributed by atoms with van der Waals surface area (Å²) in [6.07, 6.45) is 4.33. The molecular weight excluding hydrogens is 1370 g/mol. The molecule has 12 heteroatoms. The van der Waals surface area contributed by atoms with Crippen molar-refractivity contribution in [2.75, 3.05) is 14.7 Å². The fourth-order valence-electron chi connectivity index (χ4n) is 16.5. The Kier molecular flexibility index (Phi) is 14.3. The second kappa shape index (κ2) is 26.7. The number of rotatable bonds is 9. The van der Waals surface area contributed by atoms with Crippen LogP contribution in [-0.4, -0.2) is 43.0 Å². The van der Waals surface area contributed by atoms with E-state index in [1.54, 1.807) is 0 Å². The highest BCUT2D eigenvalue weighted by Gasteiger charge is 2.33. The van der Waals surface area contributed by atoms with Gasteiger partial charge in [-0.3, -0.25) is 18.1 Å². The second-order valence-electron chi connectivity index (χ2n) is 28.2. The zero-order valence-corrected chi connectivity index (χ0v) is 61.2. The topological polar surface area (TPSA) is 93.4 Å². The molecule has 0 bridgehead atoms. The average Bonchev–Trinajstić information content (AvgIpc) is 1.63. The standard InChI is InChI=1S/C38H27N3.C34H22N6.C28H21N3/c1-26-39-34-13-8-14-36-38(34)40(26)35-24-23-32(25-37(35)41(36)33-11-6-3-7-12-33)31-21-19-30(20-22-31)29-17-15-28(16-18-29)27-9-4-2-5-10-27;1-21-35-27-15-9-17-30-32(27)38(21)29-19-18-22(20-31(29)39(30)23-10-3-2-4-11-23)33-36-25-13-6-5-12-24(25)34-37-26-14-7-8-16-28(26)40(33)34;1-20-29-24-13-8-14-26-28(24)30(20)25-18-17-22(16-15-21-9-4-2-5-10-21)19-27(25)31(26)23-11-6-3-7-12-23/h2-25H,1H3;2-20H,1H3;2-19H,1H3/b;;16-15+/i2D,4D,5D,9D,10D;;. The Balaban J connectivity index is 0.000000111. The van der Waals surface area contributed by atoms with E-state index in [2.05, 4.69) is 339 Å². The number of nitrogens with zero attached hydrogens (tertiary/aromatic N) is 12. The molecule has 0 amide bonds. The average molecular weight is 1440 g/mol. The van der Waals surface area contributed by atoms with Crippen LogP contribution in [0.4, 0.5) is 51.2 Å². The first kappa shape index (κ1) is 60.1. The quantitative estimate of drug-likeness (QED) is 0.132. The van der Waals surface area contributed by atoms with Crippen LogP contribution in [0.3, 0.4) is 0 Å². The van der Waals surface area contributed by atoms with Crippen molar-refractivity contribution in [1.29, 1.82) is 0 Å². The zero-order chi connectivity index (χ0) is 78.8. The Hall–Kier alpha value is -15.0. The molecule has 23 rings (SSSR count). The van der Waals surface area contributed by atoms with Gasteiger partial charge >= 0.3 is 0 Å². The predicted octanol–water partition coefficient (Wildman–Crippen LogP) is 25.5. The number of para-hydroxylation sites is 9. The molecule has 0 unspecified atom stereocenters. The molecule has 3 aliphatic heterocycles. The normalized spacial score (nSPS) is 13.0. The van der Waals surface area contributed by atoms with Crippen LogP contribution in [0.15, 0.2) is 358 Å². The first-order chi connectivity index (χ1) is 57.4. The van der Waals surface area contributed by atoms with E-state index in [0.717, 1.165) is 186 Å². The first-order valence-electron chi connectivity index (χ1n) is 40.0. The van der Waals surface area contributed by atoms with Gasteiger partial charge in [0.1, 0.15) is 28.9 Å². The van der Waals surface area contributed by atoms with E-state index in [1.165, 1.54) is 5.56 Å². The Labute approximate surface area is 653 Å². The van der Waals surface area contributed by atoms with Crippen molar-refractivity contribution in [2.45, 2.75) is 20.8 Å². The number of aromatic nitrogens is 9. The largest absolute Gasteiger partial charge is 0.306 e. The van der Waals surface area contributed by atoms with Gasteiger partial charge in [-0.05, 0) is 205 Å². The molecule has 0 N–H and O–H groups in total. The van der Waals surface area contributed by atoms with Crippen molar-refractivity contribution in [2.24, 2.45) is 0 Å². The Morgan fingerprint density at radius 3 is 1.16 bits per heavy atom. The molecule has 0 saturated heterocycles. The third-order valence-electron chi connectivity index (χ3n) is 21.5. The van der Waals surface area contributed by atoms with Crippen LogP contribution in [-0.2, 0) is 0 Å². The second-order valence-corrected chi connectivity index (χ2v) is 28.2. The van der Waals surface area contributed by atoms with Gasteiger partial charge in [-0.2, -0.15) is 0 Å². The van der Waals surface area contributed by atoms with Crippen LogP contribution in [0.1, 0.15) is 35.5 Å². The van der Waals surface area contributed by atoms with E-state index in [4.69, 9.17) is 31.8 Å². The number of hydrogen-bond acceptors (Lipinski definition) is 8. The fourth-order valence-corrected chi connectivity index (χ4v) is 16.5. The molecule has 3 aliphatic rings. The number of fused-ring (bicyclic) bond motifs is 11. The maximum absolute atomic E-state index is 8.30. The van der Waals surface area contributed by atoms with E-state index >= 15 is 0 Å². The summed E-state index contributed by atoms with van der Waals surface area (Å²) < 4.78 is 49.5. The van der Waals surface area contributed by atoms with Gasteiger partial charge in [0, 0.05) is 28.0 Å².